The van der Waals surface area contributed by atoms with Crippen LogP contribution in [-0.4, -0.2) is 23.4 Å². The van der Waals surface area contributed by atoms with Gasteiger partial charge in [0, 0.05) is 25.4 Å². The first-order chi connectivity index (χ1) is 10.7. The number of furan rings is 1. The maximum absolute atomic E-state index is 13.0. The van der Waals surface area contributed by atoms with E-state index in [0.717, 1.165) is 37.1 Å². The Bertz CT molecular complexity index is 607. The number of benzene rings is 1. The van der Waals surface area contributed by atoms with Crippen molar-refractivity contribution >= 4 is 5.91 Å². The molecule has 1 aromatic carbocycles. The van der Waals surface area contributed by atoms with Gasteiger partial charge in [0.15, 0.2) is 0 Å². The lowest BCUT2D eigenvalue weighted by atomic mass is 10.0. The Morgan fingerprint density at radius 2 is 2.09 bits per heavy atom. The van der Waals surface area contributed by atoms with Crippen molar-refractivity contribution in [2.24, 2.45) is 0 Å². The second-order valence-electron chi connectivity index (χ2n) is 5.79. The Balaban J connectivity index is 1.57. The lowest BCUT2D eigenvalue weighted by molar-refractivity contribution is -0.132. The van der Waals surface area contributed by atoms with E-state index in [1.165, 1.54) is 12.1 Å². The summed E-state index contributed by atoms with van der Waals surface area (Å²) in [4.78, 5) is 14.4. The van der Waals surface area contributed by atoms with Gasteiger partial charge in [-0.25, -0.2) is 4.39 Å². The highest BCUT2D eigenvalue weighted by molar-refractivity contribution is 5.77. The molecule has 0 radical (unpaired) electrons. The minimum atomic E-state index is -0.221. The third kappa shape index (κ3) is 3.56. The second-order valence-corrected chi connectivity index (χ2v) is 5.79. The van der Waals surface area contributed by atoms with Crippen LogP contribution in [0.3, 0.4) is 0 Å². The smallest absolute Gasteiger partial charge is 0.223 e. The van der Waals surface area contributed by atoms with Crippen LogP contribution in [-0.2, 0) is 17.6 Å². The van der Waals surface area contributed by atoms with Gasteiger partial charge in [0.1, 0.15) is 11.6 Å². The Hall–Kier alpha value is -2.10. The van der Waals surface area contributed by atoms with E-state index in [2.05, 4.69) is 0 Å². The number of likely N-dealkylation sites (tertiary alicyclic amines) is 1. The van der Waals surface area contributed by atoms with Crippen molar-refractivity contribution in [1.29, 1.82) is 0 Å². The van der Waals surface area contributed by atoms with Crippen LogP contribution in [0.5, 0.6) is 0 Å². The molecule has 1 amide bonds. The number of aryl methyl sites for hydroxylation is 1. The number of carbonyl (C=O) groups is 1. The van der Waals surface area contributed by atoms with Crippen molar-refractivity contribution in [2.75, 3.05) is 6.54 Å². The molecule has 0 spiro atoms. The van der Waals surface area contributed by atoms with Crippen LogP contribution in [0.25, 0.3) is 0 Å². The van der Waals surface area contributed by atoms with Crippen molar-refractivity contribution in [3.63, 3.8) is 0 Å². The van der Waals surface area contributed by atoms with Gasteiger partial charge in [0.05, 0.1) is 6.26 Å². The first kappa shape index (κ1) is 14.8. The van der Waals surface area contributed by atoms with E-state index in [0.29, 0.717) is 12.8 Å². The molecule has 2 heterocycles. The number of rotatable bonds is 5. The fourth-order valence-corrected chi connectivity index (χ4v) is 3.10. The summed E-state index contributed by atoms with van der Waals surface area (Å²) >= 11 is 0. The quantitative estimate of drug-likeness (QED) is 0.845. The molecule has 3 rings (SSSR count). The fraction of sp³-hybridized carbons (Fsp3) is 0.389. The molecule has 1 aromatic heterocycles. The number of nitrogens with zero attached hydrogens (tertiary/aromatic N) is 1. The van der Waals surface area contributed by atoms with Gasteiger partial charge in [-0.2, -0.15) is 0 Å². The zero-order valence-corrected chi connectivity index (χ0v) is 12.5. The molecular formula is C18H20FNO2. The maximum Gasteiger partial charge on any atom is 0.223 e. The molecule has 116 valence electrons. The minimum Gasteiger partial charge on any atom is -0.469 e. The molecule has 1 fully saturated rings. The summed E-state index contributed by atoms with van der Waals surface area (Å²) in [7, 11) is 0. The predicted octanol–water partition coefficient (Wildman–Crippen LogP) is 3.59. The molecule has 4 heteroatoms. The number of carbonyl (C=O) groups excluding carboxylic acids is 1. The highest BCUT2D eigenvalue weighted by atomic mass is 19.1. The minimum absolute atomic E-state index is 0.181. The van der Waals surface area contributed by atoms with Gasteiger partial charge in [-0.3, -0.25) is 4.79 Å². The molecule has 2 aromatic rings. The molecule has 1 unspecified atom stereocenters. The van der Waals surface area contributed by atoms with Crippen LogP contribution >= 0.6 is 0 Å². The average molecular weight is 301 g/mol. The van der Waals surface area contributed by atoms with Crippen molar-refractivity contribution < 1.29 is 13.6 Å². The molecule has 1 saturated heterocycles. The van der Waals surface area contributed by atoms with E-state index in [4.69, 9.17) is 4.42 Å². The van der Waals surface area contributed by atoms with Crippen LogP contribution in [0.1, 0.15) is 30.6 Å². The highest BCUT2D eigenvalue weighted by Crippen LogP contribution is 2.22. The van der Waals surface area contributed by atoms with E-state index >= 15 is 0 Å². The first-order valence-corrected chi connectivity index (χ1v) is 7.78. The van der Waals surface area contributed by atoms with Gasteiger partial charge in [0.2, 0.25) is 5.91 Å². The Morgan fingerprint density at radius 3 is 2.82 bits per heavy atom. The molecule has 1 aliphatic rings. The summed E-state index contributed by atoms with van der Waals surface area (Å²) in [5.74, 6) is 0.810. The largest absolute Gasteiger partial charge is 0.469 e. The molecule has 0 saturated carbocycles. The van der Waals surface area contributed by atoms with Crippen LogP contribution in [0.4, 0.5) is 4.39 Å². The zero-order valence-electron chi connectivity index (χ0n) is 12.5. The van der Waals surface area contributed by atoms with Gasteiger partial charge in [-0.15, -0.1) is 0 Å². The van der Waals surface area contributed by atoms with E-state index < -0.39 is 0 Å². The lowest BCUT2D eigenvalue weighted by Crippen LogP contribution is -2.36. The van der Waals surface area contributed by atoms with Gasteiger partial charge in [0.25, 0.3) is 0 Å². The SMILES string of the molecule is O=C(CCc1ccco1)N1CCCC1Cc1ccc(F)cc1. The average Bonchev–Trinajstić information content (AvgIpc) is 3.18. The van der Waals surface area contributed by atoms with Crippen molar-refractivity contribution in [2.45, 2.75) is 38.1 Å². The standard InChI is InChI=1S/C18H20FNO2/c19-15-7-5-14(6-8-15)13-16-3-1-11-20(16)18(21)10-9-17-4-2-12-22-17/h2,4-8,12,16H,1,3,9-11,13H2. The van der Waals surface area contributed by atoms with Crippen molar-refractivity contribution in [3.05, 3.63) is 59.8 Å². The molecule has 22 heavy (non-hydrogen) atoms. The number of amides is 1. The molecule has 0 N–H and O–H groups in total. The summed E-state index contributed by atoms with van der Waals surface area (Å²) in [6.45, 7) is 0.822. The van der Waals surface area contributed by atoms with Gasteiger partial charge in [-0.1, -0.05) is 12.1 Å². The van der Waals surface area contributed by atoms with Crippen molar-refractivity contribution in [3.8, 4) is 0 Å². The molecule has 1 aliphatic heterocycles. The highest BCUT2D eigenvalue weighted by Gasteiger charge is 2.28. The van der Waals surface area contributed by atoms with Crippen LogP contribution < -0.4 is 0 Å². The number of halogens is 1. The molecular weight excluding hydrogens is 281 g/mol. The van der Waals surface area contributed by atoms with Crippen LogP contribution in [0.15, 0.2) is 47.1 Å². The van der Waals surface area contributed by atoms with E-state index in [1.807, 2.05) is 17.0 Å². The van der Waals surface area contributed by atoms with Crippen LogP contribution in [0.2, 0.25) is 0 Å². The summed E-state index contributed by atoms with van der Waals surface area (Å²) in [6.07, 6.45) is 5.61. The van der Waals surface area contributed by atoms with Gasteiger partial charge >= 0.3 is 0 Å². The molecule has 1 atom stereocenters. The number of hydrogen-bond donors (Lipinski definition) is 0. The maximum atomic E-state index is 13.0. The van der Waals surface area contributed by atoms with Crippen LogP contribution in [0, 0.1) is 5.82 Å². The molecule has 3 nitrogen and oxygen atoms in total. The van der Waals surface area contributed by atoms with E-state index in [-0.39, 0.29) is 17.8 Å². The summed E-state index contributed by atoms with van der Waals surface area (Å²) in [5.41, 5.74) is 1.08. The lowest BCUT2D eigenvalue weighted by Gasteiger charge is -2.25. The molecule has 0 bridgehead atoms. The van der Waals surface area contributed by atoms with Gasteiger partial charge < -0.3 is 9.32 Å². The zero-order chi connectivity index (χ0) is 15.4. The Kier molecular flexibility index (Phi) is 4.56. The predicted molar refractivity (Wildman–Crippen MR) is 81.9 cm³/mol. The Morgan fingerprint density at radius 1 is 1.27 bits per heavy atom. The summed E-state index contributed by atoms with van der Waals surface area (Å²) in [6, 6.07) is 10.5. The first-order valence-electron chi connectivity index (χ1n) is 7.78. The van der Waals surface area contributed by atoms with E-state index in [9.17, 15) is 9.18 Å². The van der Waals surface area contributed by atoms with E-state index in [1.54, 1.807) is 18.4 Å². The normalized spacial score (nSPS) is 17.9. The van der Waals surface area contributed by atoms with Crippen molar-refractivity contribution in [1.82, 2.24) is 4.90 Å². The number of hydrogen-bond acceptors (Lipinski definition) is 2. The Labute approximate surface area is 129 Å². The molecule has 0 aliphatic carbocycles. The third-order valence-corrected chi connectivity index (χ3v) is 4.25. The summed E-state index contributed by atoms with van der Waals surface area (Å²) < 4.78 is 18.2. The topological polar surface area (TPSA) is 33.5 Å². The third-order valence-electron chi connectivity index (χ3n) is 4.25. The summed E-state index contributed by atoms with van der Waals surface area (Å²) in [5, 5.41) is 0. The fourth-order valence-electron chi connectivity index (χ4n) is 3.10. The second kappa shape index (κ2) is 6.77. The van der Waals surface area contributed by atoms with Gasteiger partial charge in [-0.05, 0) is 49.1 Å². The monoisotopic (exact) mass is 301 g/mol.